The number of hydrogen-bond donors (Lipinski definition) is 2. The second kappa shape index (κ2) is 13.7. The number of ether oxygens (including phenoxy) is 4. The molecule has 0 bridgehead atoms. The molecule has 0 aliphatic rings. The highest BCUT2D eigenvalue weighted by Gasteiger charge is 2.38. The molecule has 2 N–H and O–H groups in total. The fraction of sp³-hybridized carbons (Fsp3) is 0.333. The molecular weight excluding hydrogens is 592 g/mol. The first kappa shape index (κ1) is 34.1. The number of rotatable bonds is 11. The van der Waals surface area contributed by atoms with E-state index < -0.39 is 60.5 Å². The maximum absolute atomic E-state index is 14.1. The summed E-state index contributed by atoms with van der Waals surface area (Å²) < 4.78 is 22.7. The highest BCUT2D eigenvalue weighted by atomic mass is 16.6. The van der Waals surface area contributed by atoms with E-state index in [1.165, 1.54) is 6.07 Å². The maximum atomic E-state index is 14.1. The van der Waals surface area contributed by atoms with Crippen molar-refractivity contribution in [1.82, 2.24) is 0 Å². The molecule has 0 amide bonds. The molecule has 0 aromatic heterocycles. The smallest absolute Gasteiger partial charge is 0.340 e. The molecule has 4 rings (SSSR count). The van der Waals surface area contributed by atoms with Gasteiger partial charge in [0.2, 0.25) is 0 Å². The van der Waals surface area contributed by atoms with Crippen LogP contribution in [0.3, 0.4) is 0 Å². The summed E-state index contributed by atoms with van der Waals surface area (Å²) in [6.45, 7) is 8.46. The Bertz CT molecular complexity index is 1770. The van der Waals surface area contributed by atoms with Crippen LogP contribution in [-0.2, 0) is 38.1 Å². The van der Waals surface area contributed by atoms with Crippen molar-refractivity contribution in [3.05, 3.63) is 83.9 Å². The van der Waals surface area contributed by atoms with Gasteiger partial charge >= 0.3 is 23.9 Å². The van der Waals surface area contributed by atoms with Crippen LogP contribution in [0.2, 0.25) is 0 Å². The van der Waals surface area contributed by atoms with E-state index in [1.807, 2.05) is 48.5 Å². The van der Waals surface area contributed by atoms with Gasteiger partial charge in [-0.2, -0.15) is 0 Å². The van der Waals surface area contributed by atoms with Gasteiger partial charge in [0.15, 0.2) is 12.2 Å². The molecule has 0 aliphatic heterocycles. The molecule has 0 spiro atoms. The lowest BCUT2D eigenvalue weighted by Gasteiger charge is -2.29. The van der Waals surface area contributed by atoms with Crippen molar-refractivity contribution in [3.8, 4) is 11.1 Å². The molecule has 0 aliphatic carbocycles. The first-order valence-corrected chi connectivity index (χ1v) is 14.7. The molecule has 46 heavy (non-hydrogen) atoms. The van der Waals surface area contributed by atoms with Gasteiger partial charge in [-0.15, -0.1) is 0 Å². The molecule has 0 saturated heterocycles. The number of benzene rings is 4. The van der Waals surface area contributed by atoms with Crippen LogP contribution in [0, 0.1) is 0 Å². The Morgan fingerprint density at radius 1 is 0.674 bits per heavy atom. The van der Waals surface area contributed by atoms with Crippen molar-refractivity contribution in [2.75, 3.05) is 13.2 Å². The van der Waals surface area contributed by atoms with Crippen LogP contribution < -0.4 is 0 Å². The van der Waals surface area contributed by atoms with Crippen LogP contribution >= 0.6 is 0 Å². The van der Waals surface area contributed by atoms with Gasteiger partial charge in [-0.05, 0) is 85.8 Å². The summed E-state index contributed by atoms with van der Waals surface area (Å²) in [5.41, 5.74) is -0.727. The van der Waals surface area contributed by atoms with Gasteiger partial charge in [0, 0.05) is 5.56 Å². The molecule has 4 aromatic rings. The van der Waals surface area contributed by atoms with Crippen LogP contribution in [0.1, 0.15) is 64.9 Å². The summed E-state index contributed by atoms with van der Waals surface area (Å²) in [6, 6.07) is 21.9. The van der Waals surface area contributed by atoms with Crippen molar-refractivity contribution >= 4 is 45.4 Å². The van der Waals surface area contributed by atoms with E-state index in [9.17, 15) is 29.4 Å². The maximum Gasteiger partial charge on any atom is 0.340 e. The average molecular weight is 631 g/mol. The zero-order valence-corrected chi connectivity index (χ0v) is 26.7. The topological polar surface area (TPSA) is 146 Å². The van der Waals surface area contributed by atoms with Gasteiger partial charge in [0.1, 0.15) is 24.4 Å². The molecule has 10 nitrogen and oxygen atoms in total. The zero-order chi connectivity index (χ0) is 33.8. The molecule has 0 radical (unpaired) electrons. The zero-order valence-electron chi connectivity index (χ0n) is 26.7. The van der Waals surface area contributed by atoms with Crippen LogP contribution in [0.15, 0.2) is 72.8 Å². The Morgan fingerprint density at radius 3 is 1.85 bits per heavy atom. The predicted octanol–water partition coefficient (Wildman–Crippen LogP) is 6.63. The first-order chi connectivity index (χ1) is 21.6. The normalized spacial score (nSPS) is 13.3. The van der Waals surface area contributed by atoms with E-state index >= 15 is 0 Å². The third-order valence-electron chi connectivity index (χ3n) is 6.73. The largest absolute Gasteiger partial charge is 0.480 e. The fourth-order valence-electron chi connectivity index (χ4n) is 5.21. The second-order valence-corrected chi connectivity index (χ2v) is 12.7. The standard InChI is InChI=1S/C36H38O10/c1-35(2,3)45-28(39)20-44-32(34(42)46-36(4,5)6)30-26(31(33(40)41)43-19-27(37)38)18-22-13-8-10-16-24(22)29(30)25-17-11-14-21-12-7-9-15-23(21)25/h7-18,31-32H,19-20H2,1-6H3,(H,37,38)(H,40,41). The van der Waals surface area contributed by atoms with E-state index in [-0.39, 0.29) is 11.1 Å². The molecule has 2 atom stereocenters. The molecule has 4 aromatic carbocycles. The number of aliphatic carboxylic acids is 2. The first-order valence-electron chi connectivity index (χ1n) is 14.7. The van der Waals surface area contributed by atoms with Crippen LogP contribution in [0.4, 0.5) is 0 Å². The molecule has 0 saturated carbocycles. The summed E-state index contributed by atoms with van der Waals surface area (Å²) >= 11 is 0. The number of carbonyl (C=O) groups excluding carboxylic acids is 2. The van der Waals surface area contributed by atoms with Crippen molar-refractivity contribution in [2.24, 2.45) is 0 Å². The van der Waals surface area contributed by atoms with Crippen molar-refractivity contribution in [3.63, 3.8) is 0 Å². The monoisotopic (exact) mass is 630 g/mol. The van der Waals surface area contributed by atoms with Crippen molar-refractivity contribution in [1.29, 1.82) is 0 Å². The lowest BCUT2D eigenvalue weighted by atomic mass is 9.83. The third kappa shape index (κ3) is 8.26. The Morgan fingerprint density at radius 2 is 1.24 bits per heavy atom. The Hall–Kier alpha value is -4.80. The number of esters is 2. The van der Waals surface area contributed by atoms with Gasteiger partial charge in [0.05, 0.1) is 0 Å². The summed E-state index contributed by atoms with van der Waals surface area (Å²) in [7, 11) is 0. The average Bonchev–Trinajstić information content (AvgIpc) is 2.95. The minimum Gasteiger partial charge on any atom is -0.480 e. The molecular formula is C36H38O10. The molecule has 10 heteroatoms. The van der Waals surface area contributed by atoms with Gasteiger partial charge in [-0.25, -0.2) is 19.2 Å². The Balaban J connectivity index is 2.12. The lowest BCUT2D eigenvalue weighted by Crippen LogP contribution is -2.33. The van der Waals surface area contributed by atoms with Crippen molar-refractivity contribution in [2.45, 2.75) is 65.0 Å². The predicted molar refractivity (Wildman–Crippen MR) is 171 cm³/mol. The molecule has 242 valence electrons. The van der Waals surface area contributed by atoms with E-state index in [0.717, 1.165) is 10.8 Å². The minimum absolute atomic E-state index is 0.0320. The molecule has 0 heterocycles. The van der Waals surface area contributed by atoms with Crippen LogP contribution in [-0.4, -0.2) is 58.5 Å². The quantitative estimate of drug-likeness (QED) is 0.173. The van der Waals surface area contributed by atoms with Gasteiger partial charge in [-0.1, -0.05) is 66.7 Å². The Kier molecular flexibility index (Phi) is 10.1. The van der Waals surface area contributed by atoms with Gasteiger partial charge in [-0.3, -0.25) is 0 Å². The van der Waals surface area contributed by atoms with Crippen LogP contribution in [0.5, 0.6) is 0 Å². The summed E-state index contributed by atoms with van der Waals surface area (Å²) in [4.78, 5) is 51.2. The fourth-order valence-corrected chi connectivity index (χ4v) is 5.21. The summed E-state index contributed by atoms with van der Waals surface area (Å²) in [6.07, 6.45) is -3.49. The number of carboxylic acids is 2. The van der Waals surface area contributed by atoms with E-state index in [2.05, 4.69) is 0 Å². The molecule has 0 fully saturated rings. The van der Waals surface area contributed by atoms with Crippen molar-refractivity contribution < 1.29 is 48.3 Å². The highest BCUT2D eigenvalue weighted by Crippen LogP contribution is 2.45. The minimum atomic E-state index is -1.83. The van der Waals surface area contributed by atoms with E-state index in [4.69, 9.17) is 18.9 Å². The van der Waals surface area contributed by atoms with Crippen LogP contribution in [0.25, 0.3) is 32.7 Å². The third-order valence-corrected chi connectivity index (χ3v) is 6.73. The summed E-state index contributed by atoms with van der Waals surface area (Å²) in [5, 5.41) is 22.7. The molecule has 2 unspecified atom stereocenters. The van der Waals surface area contributed by atoms with Gasteiger partial charge in [0.25, 0.3) is 0 Å². The highest BCUT2D eigenvalue weighted by molar-refractivity contribution is 6.08. The van der Waals surface area contributed by atoms with E-state index in [1.54, 1.807) is 59.7 Å². The number of fused-ring (bicyclic) bond motifs is 2. The summed E-state index contributed by atoms with van der Waals surface area (Å²) in [5.74, 6) is -4.52. The van der Waals surface area contributed by atoms with E-state index in [0.29, 0.717) is 21.9 Å². The number of carboxylic acid groups (broad SMARTS) is 2. The second-order valence-electron chi connectivity index (χ2n) is 12.7. The lowest BCUT2D eigenvalue weighted by molar-refractivity contribution is -0.176. The number of hydrogen-bond acceptors (Lipinski definition) is 8. The Labute approximate surface area is 266 Å². The number of carbonyl (C=O) groups is 4. The van der Waals surface area contributed by atoms with Gasteiger partial charge < -0.3 is 29.2 Å². The SMILES string of the molecule is CC(C)(C)OC(=O)COC(C(=O)OC(C)(C)C)c1c(C(OCC(=O)O)C(=O)O)cc2ccccc2c1-c1cccc2ccccc12.